The average Bonchev–Trinajstić information content (AvgIpc) is 3.17. The van der Waals surface area contributed by atoms with Crippen LogP contribution in [0.25, 0.3) is 11.4 Å². The Morgan fingerprint density at radius 2 is 1.84 bits per heavy atom. The highest BCUT2D eigenvalue weighted by Crippen LogP contribution is 2.29. The molecule has 0 N–H and O–H groups in total. The van der Waals surface area contributed by atoms with E-state index in [2.05, 4.69) is 52.9 Å². The van der Waals surface area contributed by atoms with Gasteiger partial charge in [-0.1, -0.05) is 72.8 Å². The van der Waals surface area contributed by atoms with Crippen LogP contribution < -0.4 is 0 Å². The SMILES string of the molecule is CCn1c(SCC(=O)N(Cc2ccccc2)CC2CCC2)nnc1-c1ccccc1C. The fourth-order valence-corrected chi connectivity index (χ4v) is 4.87. The van der Waals surface area contributed by atoms with Crippen molar-refractivity contribution in [2.75, 3.05) is 12.3 Å². The molecule has 6 heteroatoms. The van der Waals surface area contributed by atoms with Gasteiger partial charge in [0.1, 0.15) is 0 Å². The summed E-state index contributed by atoms with van der Waals surface area (Å²) in [5, 5.41) is 9.66. The van der Waals surface area contributed by atoms with E-state index >= 15 is 0 Å². The zero-order valence-corrected chi connectivity index (χ0v) is 19.1. The summed E-state index contributed by atoms with van der Waals surface area (Å²) in [7, 11) is 0. The maximum Gasteiger partial charge on any atom is 0.233 e. The normalized spacial score (nSPS) is 13.7. The van der Waals surface area contributed by atoms with Gasteiger partial charge in [-0.2, -0.15) is 0 Å². The Kier molecular flexibility index (Phi) is 7.07. The van der Waals surface area contributed by atoms with Crippen molar-refractivity contribution >= 4 is 17.7 Å². The molecule has 1 saturated carbocycles. The van der Waals surface area contributed by atoms with E-state index in [0.29, 0.717) is 18.2 Å². The van der Waals surface area contributed by atoms with Crippen LogP contribution in [0, 0.1) is 12.8 Å². The number of nitrogens with zero attached hydrogens (tertiary/aromatic N) is 4. The first kappa shape index (κ1) is 21.6. The Balaban J connectivity index is 1.46. The quantitative estimate of drug-likeness (QED) is 0.435. The lowest BCUT2D eigenvalue weighted by Gasteiger charge is -2.32. The topological polar surface area (TPSA) is 51.0 Å². The number of aryl methyl sites for hydroxylation is 1. The number of benzene rings is 2. The van der Waals surface area contributed by atoms with Crippen molar-refractivity contribution in [2.24, 2.45) is 5.92 Å². The second-order valence-electron chi connectivity index (χ2n) is 8.21. The van der Waals surface area contributed by atoms with Crippen molar-refractivity contribution in [2.45, 2.75) is 51.4 Å². The fraction of sp³-hybridized carbons (Fsp3) is 0.400. The number of amides is 1. The minimum atomic E-state index is 0.170. The van der Waals surface area contributed by atoms with Crippen LogP contribution in [0.1, 0.15) is 37.3 Å². The molecule has 1 aliphatic carbocycles. The van der Waals surface area contributed by atoms with E-state index in [1.165, 1.54) is 42.2 Å². The van der Waals surface area contributed by atoms with Crippen LogP contribution in [0.2, 0.25) is 0 Å². The van der Waals surface area contributed by atoms with Crippen LogP contribution >= 0.6 is 11.8 Å². The highest BCUT2D eigenvalue weighted by atomic mass is 32.2. The van der Waals surface area contributed by atoms with Gasteiger partial charge in [0.05, 0.1) is 5.75 Å². The van der Waals surface area contributed by atoms with Crippen LogP contribution in [0.5, 0.6) is 0 Å². The molecule has 1 aromatic heterocycles. The van der Waals surface area contributed by atoms with E-state index in [4.69, 9.17) is 0 Å². The Bertz CT molecular complexity index is 1010. The van der Waals surface area contributed by atoms with Gasteiger partial charge in [0, 0.05) is 25.2 Å². The number of carbonyl (C=O) groups excluding carboxylic acids is 1. The van der Waals surface area contributed by atoms with Crippen LogP contribution in [0.4, 0.5) is 0 Å². The van der Waals surface area contributed by atoms with Gasteiger partial charge in [-0.15, -0.1) is 10.2 Å². The van der Waals surface area contributed by atoms with E-state index in [9.17, 15) is 4.79 Å². The van der Waals surface area contributed by atoms with E-state index in [0.717, 1.165) is 29.6 Å². The van der Waals surface area contributed by atoms with Crippen LogP contribution in [-0.4, -0.2) is 37.9 Å². The fourth-order valence-electron chi connectivity index (χ4n) is 3.97. The van der Waals surface area contributed by atoms with Gasteiger partial charge in [0.2, 0.25) is 5.91 Å². The van der Waals surface area contributed by atoms with Gasteiger partial charge in [-0.05, 0) is 43.7 Å². The smallest absolute Gasteiger partial charge is 0.233 e. The summed E-state index contributed by atoms with van der Waals surface area (Å²) in [6, 6.07) is 18.5. The summed E-state index contributed by atoms with van der Waals surface area (Å²) >= 11 is 1.49. The first-order chi connectivity index (χ1) is 15.2. The first-order valence-electron chi connectivity index (χ1n) is 11.1. The van der Waals surface area contributed by atoms with Crippen LogP contribution in [-0.2, 0) is 17.9 Å². The lowest BCUT2D eigenvalue weighted by molar-refractivity contribution is -0.130. The molecule has 1 amide bonds. The van der Waals surface area contributed by atoms with Gasteiger partial charge in [0.25, 0.3) is 0 Å². The molecule has 4 rings (SSSR count). The zero-order valence-electron chi connectivity index (χ0n) is 18.3. The summed E-state index contributed by atoms with van der Waals surface area (Å²) in [6.07, 6.45) is 3.75. The first-order valence-corrected chi connectivity index (χ1v) is 12.1. The number of rotatable bonds is 9. The molecule has 0 atom stereocenters. The van der Waals surface area contributed by atoms with E-state index < -0.39 is 0 Å². The molecule has 0 saturated heterocycles. The molecule has 1 fully saturated rings. The zero-order chi connectivity index (χ0) is 21.6. The van der Waals surface area contributed by atoms with Gasteiger partial charge >= 0.3 is 0 Å². The van der Waals surface area contributed by atoms with Gasteiger partial charge < -0.3 is 9.47 Å². The Morgan fingerprint density at radius 1 is 1.10 bits per heavy atom. The molecular formula is C25H30N4OS. The van der Waals surface area contributed by atoms with Crippen molar-refractivity contribution in [3.05, 3.63) is 65.7 Å². The molecule has 3 aromatic rings. The largest absolute Gasteiger partial charge is 0.337 e. The van der Waals surface area contributed by atoms with E-state index in [1.807, 2.05) is 35.2 Å². The molecular weight excluding hydrogens is 404 g/mol. The Hall–Kier alpha value is -2.60. The van der Waals surface area contributed by atoms with Gasteiger partial charge in [-0.25, -0.2) is 0 Å². The third-order valence-electron chi connectivity index (χ3n) is 6.02. The second-order valence-corrected chi connectivity index (χ2v) is 9.15. The predicted molar refractivity (Wildman–Crippen MR) is 126 cm³/mol. The summed E-state index contributed by atoms with van der Waals surface area (Å²) in [4.78, 5) is 15.2. The third kappa shape index (κ3) is 5.18. The maximum absolute atomic E-state index is 13.2. The molecule has 0 bridgehead atoms. The van der Waals surface area contributed by atoms with E-state index in [1.54, 1.807) is 0 Å². The third-order valence-corrected chi connectivity index (χ3v) is 6.97. The molecule has 1 heterocycles. The van der Waals surface area contributed by atoms with Crippen molar-refractivity contribution in [3.8, 4) is 11.4 Å². The molecule has 162 valence electrons. The molecule has 31 heavy (non-hydrogen) atoms. The van der Waals surface area contributed by atoms with Gasteiger partial charge in [-0.3, -0.25) is 4.79 Å². The lowest BCUT2D eigenvalue weighted by Crippen LogP contribution is -2.38. The minimum absolute atomic E-state index is 0.170. The predicted octanol–water partition coefficient (Wildman–Crippen LogP) is 5.19. The standard InChI is InChI=1S/C25H30N4OS/c1-3-29-24(22-15-8-7-10-19(22)2)26-27-25(29)31-18-23(30)28(17-21-13-9-14-21)16-20-11-5-4-6-12-20/h4-8,10-12,15,21H,3,9,13-14,16-18H2,1-2H3. The maximum atomic E-state index is 13.2. The minimum Gasteiger partial charge on any atom is -0.337 e. The molecule has 0 radical (unpaired) electrons. The molecule has 0 spiro atoms. The average molecular weight is 435 g/mol. The summed E-state index contributed by atoms with van der Waals surface area (Å²) in [5.74, 6) is 2.06. The van der Waals surface area contributed by atoms with Crippen LogP contribution in [0.3, 0.4) is 0 Å². The number of hydrogen-bond donors (Lipinski definition) is 0. The lowest BCUT2D eigenvalue weighted by atomic mass is 9.85. The molecule has 0 unspecified atom stereocenters. The number of thioether (sulfide) groups is 1. The second kappa shape index (κ2) is 10.1. The van der Waals surface area contributed by atoms with Crippen molar-refractivity contribution in [3.63, 3.8) is 0 Å². The Labute approximate surface area is 188 Å². The molecule has 1 aliphatic rings. The number of carbonyl (C=O) groups is 1. The molecule has 2 aromatic carbocycles. The molecule has 5 nitrogen and oxygen atoms in total. The number of hydrogen-bond acceptors (Lipinski definition) is 4. The summed E-state index contributed by atoms with van der Waals surface area (Å²) < 4.78 is 2.10. The van der Waals surface area contributed by atoms with Crippen molar-refractivity contribution in [1.82, 2.24) is 19.7 Å². The highest BCUT2D eigenvalue weighted by molar-refractivity contribution is 7.99. The summed E-state index contributed by atoms with van der Waals surface area (Å²) in [6.45, 7) is 6.47. The number of aromatic nitrogens is 3. The molecule has 0 aliphatic heterocycles. The van der Waals surface area contributed by atoms with E-state index in [-0.39, 0.29) is 5.91 Å². The van der Waals surface area contributed by atoms with Crippen LogP contribution in [0.15, 0.2) is 59.8 Å². The highest BCUT2D eigenvalue weighted by Gasteiger charge is 2.24. The van der Waals surface area contributed by atoms with Crippen molar-refractivity contribution < 1.29 is 4.79 Å². The van der Waals surface area contributed by atoms with Gasteiger partial charge in [0.15, 0.2) is 11.0 Å². The summed E-state index contributed by atoms with van der Waals surface area (Å²) in [5.41, 5.74) is 3.44. The monoisotopic (exact) mass is 434 g/mol. The van der Waals surface area contributed by atoms with Crippen molar-refractivity contribution in [1.29, 1.82) is 0 Å². The Morgan fingerprint density at radius 3 is 2.52 bits per heavy atom.